The van der Waals surface area contributed by atoms with Crippen molar-refractivity contribution in [3.8, 4) is 5.75 Å². The Morgan fingerprint density at radius 1 is 1.45 bits per heavy atom. The van der Waals surface area contributed by atoms with E-state index >= 15 is 0 Å². The van der Waals surface area contributed by atoms with Crippen molar-refractivity contribution in [2.24, 2.45) is 5.73 Å². The number of nitrogens with two attached hydrogens (primary N) is 1. The topological polar surface area (TPSA) is 91.4 Å². The molecule has 0 atom stereocenters. The Morgan fingerprint density at radius 2 is 2.00 bits per heavy atom. The van der Waals surface area contributed by atoms with E-state index in [0.29, 0.717) is 12.4 Å². The minimum Gasteiger partial charge on any atom is -0.493 e. The number of urea groups is 1. The molecular formula is C12H16Cl2N4O2. The highest BCUT2D eigenvalue weighted by molar-refractivity contribution is 6.41. The molecule has 1 rings (SSSR count). The number of anilines is 1. The highest BCUT2D eigenvalue weighted by atomic mass is 35.5. The summed E-state index contributed by atoms with van der Waals surface area (Å²) in [6.45, 7) is 2.50. The van der Waals surface area contributed by atoms with Crippen LogP contribution in [0.5, 0.6) is 5.75 Å². The summed E-state index contributed by atoms with van der Waals surface area (Å²) in [5, 5.41) is 10.2. The summed E-state index contributed by atoms with van der Waals surface area (Å²) in [5.41, 5.74) is 5.54. The van der Waals surface area contributed by atoms with Gasteiger partial charge in [-0.15, -0.1) is 0 Å². The van der Waals surface area contributed by atoms with Crippen molar-refractivity contribution in [2.45, 2.75) is 13.3 Å². The zero-order valence-corrected chi connectivity index (χ0v) is 12.7. The molecule has 0 fully saturated rings. The number of guanidine groups is 1. The Morgan fingerprint density at radius 3 is 2.40 bits per heavy atom. The Bertz CT molecular complexity index is 499. The van der Waals surface area contributed by atoms with Gasteiger partial charge in [0, 0.05) is 19.2 Å². The lowest BCUT2D eigenvalue weighted by Gasteiger charge is -2.22. The molecule has 8 heteroatoms. The van der Waals surface area contributed by atoms with Crippen LogP contribution in [0.4, 0.5) is 10.5 Å². The van der Waals surface area contributed by atoms with Crippen LogP contribution >= 0.6 is 23.2 Å². The van der Waals surface area contributed by atoms with Gasteiger partial charge < -0.3 is 15.8 Å². The Labute approximate surface area is 127 Å². The van der Waals surface area contributed by atoms with E-state index in [1.54, 1.807) is 0 Å². The molecular weight excluding hydrogens is 303 g/mol. The third-order valence-corrected chi connectivity index (χ3v) is 2.92. The lowest BCUT2D eigenvalue weighted by molar-refractivity contribution is 0.251. The van der Waals surface area contributed by atoms with Crippen LogP contribution in [-0.2, 0) is 0 Å². The quantitative estimate of drug-likeness (QED) is 0.588. The number of benzene rings is 1. The molecule has 0 spiro atoms. The molecule has 110 valence electrons. The summed E-state index contributed by atoms with van der Waals surface area (Å²) in [4.78, 5) is 12.6. The summed E-state index contributed by atoms with van der Waals surface area (Å²) in [5.74, 6) is 0.00128. The van der Waals surface area contributed by atoms with Gasteiger partial charge in [-0.25, -0.2) is 9.69 Å². The summed E-state index contributed by atoms with van der Waals surface area (Å²) in [6, 6.07) is 2.44. The predicted molar refractivity (Wildman–Crippen MR) is 81.1 cm³/mol. The van der Waals surface area contributed by atoms with Gasteiger partial charge in [-0.05, 0) is 6.42 Å². The molecule has 4 N–H and O–H groups in total. The monoisotopic (exact) mass is 318 g/mol. The van der Waals surface area contributed by atoms with Crippen LogP contribution < -0.4 is 20.7 Å². The zero-order valence-electron chi connectivity index (χ0n) is 11.2. The fraction of sp³-hybridized carbons (Fsp3) is 0.333. The molecule has 0 bridgehead atoms. The Hall–Kier alpha value is -1.66. The number of hydrogen-bond acceptors (Lipinski definition) is 3. The SMILES string of the molecule is CCCOc1cc(Cl)c(N(C(=N)N)C(=O)NC)c(Cl)c1. The van der Waals surface area contributed by atoms with Crippen LogP contribution in [0.2, 0.25) is 10.0 Å². The smallest absolute Gasteiger partial charge is 0.328 e. The van der Waals surface area contributed by atoms with Gasteiger partial charge in [-0.1, -0.05) is 30.1 Å². The molecule has 0 radical (unpaired) electrons. The van der Waals surface area contributed by atoms with Gasteiger partial charge in [0.1, 0.15) is 5.75 Å². The fourth-order valence-corrected chi connectivity index (χ4v) is 2.14. The molecule has 0 aliphatic heterocycles. The van der Waals surface area contributed by atoms with E-state index in [0.717, 1.165) is 11.3 Å². The second-order valence-electron chi connectivity index (χ2n) is 3.86. The van der Waals surface area contributed by atoms with Crippen molar-refractivity contribution < 1.29 is 9.53 Å². The number of carbonyl (C=O) groups excluding carboxylic acids is 1. The lowest BCUT2D eigenvalue weighted by atomic mass is 10.2. The number of nitrogens with one attached hydrogen (secondary N) is 2. The molecule has 0 saturated heterocycles. The molecule has 20 heavy (non-hydrogen) atoms. The lowest BCUT2D eigenvalue weighted by Crippen LogP contribution is -2.46. The first kappa shape index (κ1) is 16.4. The van der Waals surface area contributed by atoms with E-state index in [1.807, 2.05) is 6.92 Å². The van der Waals surface area contributed by atoms with Crippen molar-refractivity contribution in [1.82, 2.24) is 5.32 Å². The van der Waals surface area contributed by atoms with E-state index < -0.39 is 12.0 Å². The van der Waals surface area contributed by atoms with Crippen molar-refractivity contribution in [2.75, 3.05) is 18.6 Å². The summed E-state index contributed by atoms with van der Waals surface area (Å²) >= 11 is 12.2. The predicted octanol–water partition coefficient (Wildman–Crippen LogP) is 2.82. The van der Waals surface area contributed by atoms with Crippen LogP contribution in [0.3, 0.4) is 0 Å². The molecule has 6 nitrogen and oxygen atoms in total. The molecule has 0 aliphatic carbocycles. The first-order chi connectivity index (χ1) is 9.42. The van der Waals surface area contributed by atoms with Gasteiger partial charge >= 0.3 is 6.03 Å². The Kier molecular flexibility index (Phi) is 5.91. The van der Waals surface area contributed by atoms with Gasteiger partial charge in [-0.2, -0.15) is 0 Å². The van der Waals surface area contributed by atoms with Gasteiger partial charge in [0.25, 0.3) is 0 Å². The van der Waals surface area contributed by atoms with E-state index in [4.69, 9.17) is 39.1 Å². The fourth-order valence-electron chi connectivity index (χ4n) is 1.50. The van der Waals surface area contributed by atoms with Crippen LogP contribution in [-0.4, -0.2) is 25.6 Å². The number of amides is 2. The van der Waals surface area contributed by atoms with Crippen molar-refractivity contribution in [3.05, 3.63) is 22.2 Å². The maximum absolute atomic E-state index is 11.8. The van der Waals surface area contributed by atoms with Gasteiger partial charge in [0.15, 0.2) is 0 Å². The molecule has 0 heterocycles. The van der Waals surface area contributed by atoms with Crippen molar-refractivity contribution in [3.63, 3.8) is 0 Å². The summed E-state index contributed by atoms with van der Waals surface area (Å²) in [7, 11) is 1.42. The number of carbonyl (C=O) groups is 1. The number of nitrogens with zero attached hydrogens (tertiary/aromatic N) is 1. The molecule has 0 unspecified atom stereocenters. The van der Waals surface area contributed by atoms with E-state index in [-0.39, 0.29) is 15.7 Å². The van der Waals surface area contributed by atoms with Crippen LogP contribution in [0, 0.1) is 5.41 Å². The van der Waals surface area contributed by atoms with E-state index in [1.165, 1.54) is 19.2 Å². The van der Waals surface area contributed by atoms with E-state index in [2.05, 4.69) is 5.32 Å². The molecule has 0 aromatic heterocycles. The van der Waals surface area contributed by atoms with Crippen molar-refractivity contribution >= 4 is 40.9 Å². The number of halogens is 2. The summed E-state index contributed by atoms with van der Waals surface area (Å²) < 4.78 is 5.43. The minimum atomic E-state index is -0.608. The van der Waals surface area contributed by atoms with Crippen LogP contribution in [0.25, 0.3) is 0 Å². The number of rotatable bonds is 4. The molecule has 0 aliphatic rings. The molecule has 1 aromatic rings. The third kappa shape index (κ3) is 3.68. The largest absolute Gasteiger partial charge is 0.493 e. The van der Waals surface area contributed by atoms with Crippen LogP contribution in [0.15, 0.2) is 12.1 Å². The average Bonchev–Trinajstić information content (AvgIpc) is 2.39. The Balaban J connectivity index is 3.23. The molecule has 2 amide bonds. The van der Waals surface area contributed by atoms with Gasteiger partial charge in [0.05, 0.1) is 22.3 Å². The van der Waals surface area contributed by atoms with Gasteiger partial charge in [0.2, 0.25) is 5.96 Å². The minimum absolute atomic E-state index is 0.143. The number of ether oxygens (including phenoxy) is 1. The highest BCUT2D eigenvalue weighted by Crippen LogP contribution is 2.37. The second kappa shape index (κ2) is 7.21. The third-order valence-electron chi connectivity index (χ3n) is 2.34. The average molecular weight is 319 g/mol. The standard InChI is InChI=1S/C12H16Cl2N4O2/c1-3-4-20-7-5-8(13)10(9(14)6-7)18(11(15)16)12(19)17-2/h5-6H,3-4H2,1-2H3,(H3,15,16)(H,17,19). The van der Waals surface area contributed by atoms with E-state index in [9.17, 15) is 4.79 Å². The van der Waals surface area contributed by atoms with Crippen LogP contribution in [0.1, 0.15) is 13.3 Å². The maximum atomic E-state index is 11.8. The van der Waals surface area contributed by atoms with Crippen molar-refractivity contribution in [1.29, 1.82) is 5.41 Å². The summed E-state index contributed by atoms with van der Waals surface area (Å²) in [6.07, 6.45) is 0.842. The highest BCUT2D eigenvalue weighted by Gasteiger charge is 2.23. The first-order valence-electron chi connectivity index (χ1n) is 5.90. The first-order valence-corrected chi connectivity index (χ1v) is 6.65. The normalized spacial score (nSPS) is 10.0. The van der Waals surface area contributed by atoms with Gasteiger partial charge in [-0.3, -0.25) is 5.41 Å². The molecule has 0 saturated carbocycles. The maximum Gasteiger partial charge on any atom is 0.328 e. The molecule has 1 aromatic carbocycles. The second-order valence-corrected chi connectivity index (χ2v) is 4.67. The number of hydrogen-bond donors (Lipinski definition) is 3. The zero-order chi connectivity index (χ0) is 15.3.